The van der Waals surface area contributed by atoms with E-state index >= 15 is 0 Å². The second-order valence-corrected chi connectivity index (χ2v) is 11.3. The van der Waals surface area contributed by atoms with Crippen LogP contribution in [0.4, 0.5) is 5.69 Å². The molecule has 0 saturated carbocycles. The minimum absolute atomic E-state index is 0.0256. The highest BCUT2D eigenvalue weighted by molar-refractivity contribution is 7.91. The van der Waals surface area contributed by atoms with E-state index in [2.05, 4.69) is 10.4 Å². The van der Waals surface area contributed by atoms with Crippen molar-refractivity contribution in [3.8, 4) is 17.0 Å². The second kappa shape index (κ2) is 10.5. The molecule has 3 aromatic carbocycles. The van der Waals surface area contributed by atoms with Crippen LogP contribution in [0.1, 0.15) is 23.0 Å². The lowest BCUT2D eigenvalue weighted by Gasteiger charge is -2.13. The first-order valence-electron chi connectivity index (χ1n) is 12.1. The van der Waals surface area contributed by atoms with Crippen LogP contribution in [0.3, 0.4) is 0 Å². The Bertz CT molecular complexity index is 1820. The summed E-state index contributed by atoms with van der Waals surface area (Å²) in [5, 5.41) is 8.45. The van der Waals surface area contributed by atoms with Crippen molar-refractivity contribution in [1.29, 1.82) is 0 Å². The summed E-state index contributed by atoms with van der Waals surface area (Å²) in [5.41, 5.74) is 3.56. The number of fused-ring (bicyclic) bond motifs is 1. The minimum atomic E-state index is -3.90. The fourth-order valence-electron chi connectivity index (χ4n) is 4.30. The van der Waals surface area contributed by atoms with Crippen molar-refractivity contribution in [2.45, 2.75) is 30.2 Å². The maximum absolute atomic E-state index is 13.7. The Kier molecular flexibility index (Phi) is 7.12. The van der Waals surface area contributed by atoms with Gasteiger partial charge in [0.05, 0.1) is 39.4 Å². The number of amides is 1. The molecule has 1 amide bonds. The highest BCUT2D eigenvalue weighted by Gasteiger charge is 2.21. The number of nitrogens with zero attached hydrogens (tertiary/aromatic N) is 3. The lowest BCUT2D eigenvalue weighted by molar-refractivity contribution is 0.102. The molecule has 0 aliphatic carbocycles. The molecule has 0 aliphatic heterocycles. The van der Waals surface area contributed by atoms with Gasteiger partial charge in [-0.25, -0.2) is 13.4 Å². The van der Waals surface area contributed by atoms with Crippen LogP contribution in [0, 0.1) is 6.92 Å². The van der Waals surface area contributed by atoms with Gasteiger partial charge in [-0.15, -0.1) is 0 Å². The average Bonchev–Trinajstić information content (AvgIpc) is 3.33. The number of benzene rings is 3. The van der Waals surface area contributed by atoms with Gasteiger partial charge in [0.25, 0.3) is 5.91 Å². The molecule has 8 nitrogen and oxygen atoms in total. The Labute approximate surface area is 231 Å². The molecule has 5 rings (SSSR count). The number of halogens is 1. The first kappa shape index (κ1) is 26.4. The zero-order chi connectivity index (χ0) is 27.7. The van der Waals surface area contributed by atoms with Crippen LogP contribution in [0.5, 0.6) is 5.75 Å². The number of hydrogen-bond acceptors (Lipinski definition) is 6. The summed E-state index contributed by atoms with van der Waals surface area (Å²) in [6, 6.07) is 19.4. The molecular weight excluding hydrogens is 536 g/mol. The molecule has 0 fully saturated rings. The molecule has 1 N–H and O–H groups in total. The van der Waals surface area contributed by atoms with Crippen LogP contribution < -0.4 is 10.1 Å². The SMILES string of the molecule is CCn1cc(-c2cc(C(=O)Nc3cc(OC)cc(S(=O)(=O)c4ccc(Cl)cc4)c3)c3ccccc3n2)c(C)n1. The molecule has 0 atom stereocenters. The van der Waals surface area contributed by atoms with Crippen LogP contribution >= 0.6 is 11.6 Å². The van der Waals surface area contributed by atoms with Crippen LogP contribution in [0.25, 0.3) is 22.2 Å². The van der Waals surface area contributed by atoms with E-state index in [0.29, 0.717) is 33.7 Å². The van der Waals surface area contributed by atoms with Crippen LogP contribution in [0.2, 0.25) is 5.02 Å². The molecule has 0 aliphatic rings. The van der Waals surface area contributed by atoms with Gasteiger partial charge in [-0.1, -0.05) is 29.8 Å². The van der Waals surface area contributed by atoms with Gasteiger partial charge in [0.1, 0.15) is 5.75 Å². The number of pyridine rings is 1. The zero-order valence-corrected chi connectivity index (χ0v) is 23.0. The van der Waals surface area contributed by atoms with Gasteiger partial charge >= 0.3 is 0 Å². The predicted octanol–water partition coefficient (Wildman–Crippen LogP) is 6.17. The summed E-state index contributed by atoms with van der Waals surface area (Å²) in [7, 11) is -2.47. The number of carbonyl (C=O) groups is 1. The Morgan fingerprint density at radius 1 is 1.03 bits per heavy atom. The summed E-state index contributed by atoms with van der Waals surface area (Å²) < 4.78 is 33.8. The molecule has 10 heteroatoms. The Morgan fingerprint density at radius 2 is 1.77 bits per heavy atom. The Morgan fingerprint density at radius 3 is 2.46 bits per heavy atom. The highest BCUT2D eigenvalue weighted by atomic mass is 35.5. The molecule has 2 aromatic heterocycles. The van der Waals surface area contributed by atoms with Crippen LogP contribution in [-0.4, -0.2) is 36.2 Å². The van der Waals surface area contributed by atoms with Gasteiger partial charge in [0.2, 0.25) is 9.84 Å². The minimum Gasteiger partial charge on any atom is -0.497 e. The van der Waals surface area contributed by atoms with E-state index in [1.54, 1.807) is 12.1 Å². The number of sulfone groups is 1. The molecule has 0 unspecified atom stereocenters. The summed E-state index contributed by atoms with van der Waals surface area (Å²) in [4.78, 5) is 18.5. The first-order valence-corrected chi connectivity index (χ1v) is 14.0. The maximum atomic E-state index is 13.7. The smallest absolute Gasteiger partial charge is 0.256 e. The molecule has 5 aromatic rings. The molecule has 0 saturated heterocycles. The number of aromatic nitrogens is 3. The fraction of sp³-hybridized carbons (Fsp3) is 0.138. The van der Waals surface area contributed by atoms with Crippen molar-refractivity contribution >= 4 is 43.9 Å². The lowest BCUT2D eigenvalue weighted by Crippen LogP contribution is -2.14. The summed E-state index contributed by atoms with van der Waals surface area (Å²) >= 11 is 5.93. The maximum Gasteiger partial charge on any atom is 0.256 e. The topological polar surface area (TPSA) is 103 Å². The van der Waals surface area contributed by atoms with Gasteiger partial charge in [0.15, 0.2) is 0 Å². The standard InChI is InChI=1S/C29H25ClN4O4S/c1-4-34-17-26(18(2)33-34)28-16-25(24-7-5-6-8-27(24)32-28)29(35)31-20-13-21(38-3)15-23(14-20)39(36,37)22-11-9-19(30)10-12-22/h5-17H,4H2,1-3H3,(H,31,35). The molecule has 2 heterocycles. The number of carbonyl (C=O) groups excluding carboxylic acids is 1. The molecule has 0 radical (unpaired) electrons. The Balaban J connectivity index is 1.56. The van der Waals surface area contributed by atoms with Gasteiger partial charge in [-0.2, -0.15) is 5.10 Å². The number of rotatable bonds is 7. The predicted molar refractivity (Wildman–Crippen MR) is 151 cm³/mol. The Hall–Kier alpha value is -4.21. The molecule has 39 heavy (non-hydrogen) atoms. The van der Waals surface area contributed by atoms with Crippen molar-refractivity contribution in [1.82, 2.24) is 14.8 Å². The van der Waals surface area contributed by atoms with E-state index in [1.165, 1.54) is 43.5 Å². The molecule has 198 valence electrons. The van der Waals surface area contributed by atoms with E-state index in [1.807, 2.05) is 49.0 Å². The quantitative estimate of drug-likeness (QED) is 0.255. The normalized spacial score (nSPS) is 11.5. The van der Waals surface area contributed by atoms with Gasteiger partial charge in [-0.3, -0.25) is 9.48 Å². The summed E-state index contributed by atoms with van der Waals surface area (Å²) in [5.74, 6) is -0.137. The summed E-state index contributed by atoms with van der Waals surface area (Å²) in [6.45, 7) is 4.61. The van der Waals surface area contributed by atoms with Gasteiger partial charge in [-0.05, 0) is 62.4 Å². The number of nitrogens with one attached hydrogen (secondary N) is 1. The number of hydrogen-bond donors (Lipinski definition) is 1. The van der Waals surface area contributed by atoms with Crippen molar-refractivity contribution in [3.63, 3.8) is 0 Å². The van der Waals surface area contributed by atoms with E-state index in [9.17, 15) is 13.2 Å². The number of ether oxygens (including phenoxy) is 1. The van der Waals surface area contributed by atoms with Crippen molar-refractivity contribution < 1.29 is 17.9 Å². The number of anilines is 1. The first-order chi connectivity index (χ1) is 18.7. The summed E-state index contributed by atoms with van der Waals surface area (Å²) in [6.07, 6.45) is 1.91. The fourth-order valence-corrected chi connectivity index (χ4v) is 5.74. The van der Waals surface area contributed by atoms with E-state index in [4.69, 9.17) is 21.3 Å². The monoisotopic (exact) mass is 560 g/mol. The number of aryl methyl sites for hydroxylation is 2. The zero-order valence-electron chi connectivity index (χ0n) is 21.5. The lowest BCUT2D eigenvalue weighted by atomic mass is 10.0. The van der Waals surface area contributed by atoms with Crippen LogP contribution in [0.15, 0.2) is 88.8 Å². The van der Waals surface area contributed by atoms with Gasteiger partial charge in [0, 0.05) is 40.5 Å². The number of methoxy groups -OCH3 is 1. The highest BCUT2D eigenvalue weighted by Crippen LogP contribution is 2.31. The third kappa shape index (κ3) is 5.23. The average molecular weight is 561 g/mol. The van der Waals surface area contributed by atoms with E-state index in [-0.39, 0.29) is 21.2 Å². The second-order valence-electron chi connectivity index (χ2n) is 8.86. The van der Waals surface area contributed by atoms with Crippen molar-refractivity contribution in [3.05, 3.63) is 95.3 Å². The number of para-hydroxylation sites is 1. The van der Waals surface area contributed by atoms with E-state index < -0.39 is 15.7 Å². The molecular formula is C29H25ClN4O4S. The van der Waals surface area contributed by atoms with Crippen LogP contribution in [-0.2, 0) is 16.4 Å². The van der Waals surface area contributed by atoms with E-state index in [0.717, 1.165) is 11.3 Å². The third-order valence-corrected chi connectivity index (χ3v) is 8.32. The van der Waals surface area contributed by atoms with Crippen molar-refractivity contribution in [2.75, 3.05) is 12.4 Å². The molecule has 0 bridgehead atoms. The third-order valence-electron chi connectivity index (χ3n) is 6.31. The largest absolute Gasteiger partial charge is 0.497 e. The molecule has 0 spiro atoms. The van der Waals surface area contributed by atoms with Crippen molar-refractivity contribution in [2.24, 2.45) is 0 Å². The van der Waals surface area contributed by atoms with Gasteiger partial charge < -0.3 is 10.1 Å².